The molecule has 0 saturated heterocycles. The molecule has 2 aromatic carbocycles. The summed E-state index contributed by atoms with van der Waals surface area (Å²) >= 11 is 7.50. The number of hydrogen-bond acceptors (Lipinski definition) is 5. The van der Waals surface area contributed by atoms with E-state index in [0.29, 0.717) is 21.8 Å². The number of aryl methyl sites for hydroxylation is 2. The van der Waals surface area contributed by atoms with Crippen molar-refractivity contribution in [2.24, 2.45) is 7.05 Å². The largest absolute Gasteiger partial charge is 0.484 e. The molecular weight excluding hydrogens is 394 g/mol. The second kappa shape index (κ2) is 8.80. The van der Waals surface area contributed by atoms with Gasteiger partial charge in [-0.3, -0.25) is 4.79 Å². The molecule has 0 aliphatic heterocycles. The molecule has 0 bridgehead atoms. The molecule has 0 fully saturated rings. The van der Waals surface area contributed by atoms with E-state index in [1.807, 2.05) is 62.7 Å². The van der Waals surface area contributed by atoms with E-state index in [9.17, 15) is 4.79 Å². The first-order valence-corrected chi connectivity index (χ1v) is 10.2. The highest BCUT2D eigenvalue weighted by Gasteiger charge is 2.21. The van der Waals surface area contributed by atoms with Crippen molar-refractivity contribution in [2.45, 2.75) is 37.8 Å². The average Bonchev–Trinajstić information content (AvgIpc) is 3.02. The summed E-state index contributed by atoms with van der Waals surface area (Å²) < 4.78 is 7.58. The van der Waals surface area contributed by atoms with Crippen molar-refractivity contribution in [1.82, 2.24) is 14.8 Å². The van der Waals surface area contributed by atoms with Gasteiger partial charge in [0.25, 0.3) is 0 Å². The molecule has 3 rings (SSSR count). The van der Waals surface area contributed by atoms with Gasteiger partial charge in [-0.15, -0.1) is 10.2 Å². The first-order chi connectivity index (χ1) is 13.4. The lowest BCUT2D eigenvalue weighted by atomic mass is 10.0. The summed E-state index contributed by atoms with van der Waals surface area (Å²) in [5.41, 5.74) is 2.81. The maximum atomic E-state index is 12.9. The van der Waals surface area contributed by atoms with Gasteiger partial charge in [0.1, 0.15) is 12.4 Å². The van der Waals surface area contributed by atoms with E-state index in [4.69, 9.17) is 16.3 Å². The Balaban J connectivity index is 1.69. The minimum Gasteiger partial charge on any atom is -0.484 e. The van der Waals surface area contributed by atoms with Crippen LogP contribution in [0, 0.1) is 13.8 Å². The van der Waals surface area contributed by atoms with Crippen LogP contribution in [0.25, 0.3) is 0 Å². The number of aromatic nitrogens is 3. The predicted octanol–water partition coefficient (Wildman–Crippen LogP) is 5.03. The molecule has 7 heteroatoms. The van der Waals surface area contributed by atoms with Crippen LogP contribution in [0.2, 0.25) is 5.02 Å². The monoisotopic (exact) mass is 415 g/mol. The Kier molecular flexibility index (Phi) is 6.42. The second-order valence-corrected chi connectivity index (χ2v) is 8.33. The molecule has 146 valence electrons. The highest BCUT2D eigenvalue weighted by Crippen LogP contribution is 2.27. The van der Waals surface area contributed by atoms with Gasteiger partial charge < -0.3 is 9.30 Å². The lowest BCUT2D eigenvalue weighted by Crippen LogP contribution is -2.16. The van der Waals surface area contributed by atoms with Crippen molar-refractivity contribution in [3.8, 4) is 5.75 Å². The molecular formula is C21H22ClN3O2S. The Hall–Kier alpha value is -2.31. The lowest BCUT2D eigenvalue weighted by Gasteiger charge is -2.12. The Morgan fingerprint density at radius 2 is 1.96 bits per heavy atom. The van der Waals surface area contributed by atoms with Crippen LogP contribution in [0.15, 0.2) is 47.6 Å². The number of rotatable bonds is 7. The van der Waals surface area contributed by atoms with Gasteiger partial charge in [0.2, 0.25) is 0 Å². The number of carbonyl (C=O) groups excluding carboxylic acids is 1. The third-order valence-electron chi connectivity index (χ3n) is 4.43. The van der Waals surface area contributed by atoms with Crippen LogP contribution in [0.5, 0.6) is 5.75 Å². The molecule has 0 spiro atoms. The third-order valence-corrected chi connectivity index (χ3v) is 5.87. The minimum atomic E-state index is -0.277. The Morgan fingerprint density at radius 3 is 2.71 bits per heavy atom. The van der Waals surface area contributed by atoms with Crippen LogP contribution in [0.3, 0.4) is 0 Å². The molecule has 1 atom stereocenters. The molecule has 3 aromatic rings. The van der Waals surface area contributed by atoms with Gasteiger partial charge in [-0.1, -0.05) is 53.2 Å². The summed E-state index contributed by atoms with van der Waals surface area (Å²) in [6, 6.07) is 13.2. The molecule has 1 heterocycles. The zero-order chi connectivity index (χ0) is 20.3. The number of carbonyl (C=O) groups is 1. The number of hydrogen-bond donors (Lipinski definition) is 0. The van der Waals surface area contributed by atoms with Gasteiger partial charge in [0.05, 0.1) is 10.3 Å². The third kappa shape index (κ3) is 4.56. The minimum absolute atomic E-state index is 0.0862. The van der Waals surface area contributed by atoms with Crippen LogP contribution in [0.4, 0.5) is 0 Å². The summed E-state index contributed by atoms with van der Waals surface area (Å²) in [5.74, 6) is 1.34. The van der Waals surface area contributed by atoms with Gasteiger partial charge in [-0.2, -0.15) is 0 Å². The molecule has 0 aliphatic rings. The number of nitrogens with zero attached hydrogens (tertiary/aromatic N) is 3. The highest BCUT2D eigenvalue weighted by atomic mass is 35.5. The van der Waals surface area contributed by atoms with Crippen molar-refractivity contribution < 1.29 is 9.53 Å². The standard InChI is InChI=1S/C21H22ClN3O2S/c1-13-9-10-14(2)16(11-13)20(26)15(3)28-21-24-23-19(25(21)4)12-27-18-8-6-5-7-17(18)22/h5-11,15H,12H2,1-4H3. The van der Waals surface area contributed by atoms with Gasteiger partial charge >= 0.3 is 0 Å². The molecule has 0 saturated carbocycles. The maximum absolute atomic E-state index is 12.9. The molecule has 28 heavy (non-hydrogen) atoms. The molecule has 0 N–H and O–H groups in total. The van der Waals surface area contributed by atoms with E-state index in [2.05, 4.69) is 10.2 Å². The first kappa shape index (κ1) is 20.4. The number of thioether (sulfide) groups is 1. The van der Waals surface area contributed by atoms with E-state index in [1.54, 1.807) is 12.1 Å². The number of Topliss-reactive ketones (excluding diaryl/α,β-unsaturated/α-hetero) is 1. The Morgan fingerprint density at radius 1 is 1.21 bits per heavy atom. The molecule has 5 nitrogen and oxygen atoms in total. The van der Waals surface area contributed by atoms with Crippen LogP contribution in [-0.4, -0.2) is 25.8 Å². The zero-order valence-electron chi connectivity index (χ0n) is 16.3. The SMILES string of the molecule is Cc1ccc(C)c(C(=O)C(C)Sc2nnc(COc3ccccc3Cl)n2C)c1. The summed E-state index contributed by atoms with van der Waals surface area (Å²) in [6.07, 6.45) is 0. The fraction of sp³-hybridized carbons (Fsp3) is 0.286. The molecule has 0 aliphatic carbocycles. The molecule has 1 aromatic heterocycles. The van der Waals surface area contributed by atoms with E-state index in [-0.39, 0.29) is 17.6 Å². The average molecular weight is 416 g/mol. The fourth-order valence-corrected chi connectivity index (χ4v) is 3.80. The topological polar surface area (TPSA) is 57.0 Å². The molecule has 0 radical (unpaired) electrons. The van der Waals surface area contributed by atoms with Crippen LogP contribution < -0.4 is 4.74 Å². The number of para-hydroxylation sites is 1. The van der Waals surface area contributed by atoms with Crippen LogP contribution in [0.1, 0.15) is 34.2 Å². The smallest absolute Gasteiger partial charge is 0.191 e. The maximum Gasteiger partial charge on any atom is 0.191 e. The summed E-state index contributed by atoms with van der Waals surface area (Å²) in [5, 5.41) is 9.35. The van der Waals surface area contributed by atoms with Crippen molar-refractivity contribution in [1.29, 1.82) is 0 Å². The molecule has 1 unspecified atom stereocenters. The highest BCUT2D eigenvalue weighted by molar-refractivity contribution is 8.00. The number of ketones is 1. The van der Waals surface area contributed by atoms with Gasteiger partial charge in [0.15, 0.2) is 16.8 Å². The Labute approximate surface area is 174 Å². The summed E-state index contributed by atoms with van der Waals surface area (Å²) in [4.78, 5) is 12.9. The van der Waals surface area contributed by atoms with Crippen molar-refractivity contribution in [3.05, 3.63) is 70.0 Å². The van der Waals surface area contributed by atoms with Gasteiger partial charge in [0, 0.05) is 12.6 Å². The number of benzene rings is 2. The summed E-state index contributed by atoms with van der Waals surface area (Å²) in [7, 11) is 1.86. The normalized spacial score (nSPS) is 12.0. The van der Waals surface area contributed by atoms with Crippen molar-refractivity contribution in [2.75, 3.05) is 0 Å². The van der Waals surface area contributed by atoms with Gasteiger partial charge in [-0.05, 0) is 44.5 Å². The van der Waals surface area contributed by atoms with E-state index < -0.39 is 0 Å². The van der Waals surface area contributed by atoms with E-state index in [0.717, 1.165) is 16.7 Å². The first-order valence-electron chi connectivity index (χ1n) is 8.90. The second-order valence-electron chi connectivity index (χ2n) is 6.62. The Bertz CT molecular complexity index is 1000. The van der Waals surface area contributed by atoms with Crippen molar-refractivity contribution >= 4 is 29.1 Å². The van der Waals surface area contributed by atoms with Crippen LogP contribution in [-0.2, 0) is 13.7 Å². The number of halogens is 1. The van der Waals surface area contributed by atoms with Crippen molar-refractivity contribution in [3.63, 3.8) is 0 Å². The summed E-state index contributed by atoms with van der Waals surface area (Å²) in [6.45, 7) is 6.08. The van der Waals surface area contributed by atoms with E-state index >= 15 is 0 Å². The molecule has 0 amide bonds. The van der Waals surface area contributed by atoms with Gasteiger partial charge in [-0.25, -0.2) is 0 Å². The van der Waals surface area contributed by atoms with Crippen LogP contribution >= 0.6 is 23.4 Å². The number of ether oxygens (including phenoxy) is 1. The fourth-order valence-electron chi connectivity index (χ4n) is 2.71. The predicted molar refractivity (Wildman–Crippen MR) is 112 cm³/mol. The quantitative estimate of drug-likeness (QED) is 0.400. The van der Waals surface area contributed by atoms with E-state index in [1.165, 1.54) is 11.8 Å². The zero-order valence-corrected chi connectivity index (χ0v) is 17.8. The lowest BCUT2D eigenvalue weighted by molar-refractivity contribution is 0.0993.